The topological polar surface area (TPSA) is 69.7 Å². The van der Waals surface area contributed by atoms with Crippen LogP contribution in [0.25, 0.3) is 6.08 Å². The molecule has 1 saturated heterocycles. The lowest BCUT2D eigenvalue weighted by molar-refractivity contribution is -0.122. The van der Waals surface area contributed by atoms with Crippen LogP contribution in [-0.2, 0) is 9.59 Å². The van der Waals surface area contributed by atoms with Gasteiger partial charge in [0, 0.05) is 23.3 Å². The van der Waals surface area contributed by atoms with Crippen molar-refractivity contribution in [2.24, 2.45) is 0 Å². The largest absolute Gasteiger partial charge is 0.369 e. The molecule has 32 heavy (non-hydrogen) atoms. The second-order valence-electron chi connectivity index (χ2n) is 9.18. The number of hydrogen-bond acceptors (Lipinski definition) is 4. The fourth-order valence-corrected chi connectivity index (χ4v) is 4.65. The Morgan fingerprint density at radius 2 is 1.78 bits per heavy atom. The van der Waals surface area contributed by atoms with Crippen LogP contribution in [0.2, 0.25) is 5.02 Å². The Labute approximate surface area is 192 Å². The number of amides is 4. The highest BCUT2D eigenvalue weighted by Crippen LogP contribution is 2.43. The Bertz CT molecular complexity index is 1170. The minimum Gasteiger partial charge on any atom is -0.369 e. The molecule has 2 aliphatic heterocycles. The zero-order chi connectivity index (χ0) is 23.4. The van der Waals surface area contributed by atoms with E-state index >= 15 is 0 Å². The van der Waals surface area contributed by atoms with Gasteiger partial charge in [0.15, 0.2) is 0 Å². The van der Waals surface area contributed by atoms with Crippen LogP contribution in [0, 0.1) is 6.92 Å². The third-order valence-corrected chi connectivity index (χ3v) is 6.76. The number of hydrogen-bond donors (Lipinski definition) is 1. The summed E-state index contributed by atoms with van der Waals surface area (Å²) in [7, 11) is 2.09. The van der Waals surface area contributed by atoms with Crippen LogP contribution >= 0.6 is 11.6 Å². The van der Waals surface area contributed by atoms with Gasteiger partial charge in [-0.05, 0) is 92.3 Å². The van der Waals surface area contributed by atoms with Crippen molar-refractivity contribution < 1.29 is 14.4 Å². The highest BCUT2D eigenvalue weighted by atomic mass is 35.5. The number of benzene rings is 2. The van der Waals surface area contributed by atoms with Gasteiger partial charge < -0.3 is 4.90 Å². The molecule has 0 aliphatic carbocycles. The number of fused-ring (bicyclic) bond motifs is 1. The normalized spacial score (nSPS) is 21.6. The fourth-order valence-electron chi connectivity index (χ4n) is 4.53. The van der Waals surface area contributed by atoms with Crippen molar-refractivity contribution in [3.05, 3.63) is 63.7 Å². The lowest BCUT2D eigenvalue weighted by atomic mass is 9.79. The summed E-state index contributed by atoms with van der Waals surface area (Å²) in [5.41, 5.74) is 4.37. The number of imide groups is 2. The Morgan fingerprint density at radius 1 is 1.12 bits per heavy atom. The second kappa shape index (κ2) is 7.78. The number of aryl methyl sites for hydroxylation is 1. The summed E-state index contributed by atoms with van der Waals surface area (Å²) in [5.74, 6) is -1.03. The van der Waals surface area contributed by atoms with Crippen LogP contribution in [0.15, 0.2) is 42.0 Å². The van der Waals surface area contributed by atoms with Crippen LogP contribution in [0.5, 0.6) is 0 Å². The Kier molecular flexibility index (Phi) is 5.37. The number of carbonyl (C=O) groups excluding carboxylic acids is 3. The third kappa shape index (κ3) is 3.69. The number of nitrogens with zero attached hydrogens (tertiary/aromatic N) is 2. The number of anilines is 2. The molecule has 0 bridgehead atoms. The molecule has 166 valence electrons. The zero-order valence-corrected chi connectivity index (χ0v) is 19.6. The van der Waals surface area contributed by atoms with E-state index in [1.165, 1.54) is 5.56 Å². The van der Waals surface area contributed by atoms with Crippen molar-refractivity contribution in [1.29, 1.82) is 0 Å². The van der Waals surface area contributed by atoms with Crippen LogP contribution in [-0.4, -0.2) is 30.4 Å². The fraction of sp³-hybridized carbons (Fsp3) is 0.320. The van der Waals surface area contributed by atoms with Crippen molar-refractivity contribution >= 4 is 46.9 Å². The van der Waals surface area contributed by atoms with Crippen LogP contribution < -0.4 is 15.1 Å². The van der Waals surface area contributed by atoms with Crippen LogP contribution in [0.3, 0.4) is 0 Å². The summed E-state index contributed by atoms with van der Waals surface area (Å²) in [6.45, 7) is 8.61. The molecule has 1 N–H and O–H groups in total. The molecular weight excluding hydrogens is 426 g/mol. The molecule has 1 atom stereocenters. The first-order valence-corrected chi connectivity index (χ1v) is 10.9. The summed E-state index contributed by atoms with van der Waals surface area (Å²) in [5, 5.41) is 2.75. The van der Waals surface area contributed by atoms with Gasteiger partial charge in [-0.2, -0.15) is 0 Å². The Hall–Kier alpha value is -3.12. The number of carbonyl (C=O) groups is 3. The third-order valence-electron chi connectivity index (χ3n) is 6.51. The van der Waals surface area contributed by atoms with Crippen molar-refractivity contribution in [3.8, 4) is 0 Å². The maximum Gasteiger partial charge on any atom is 0.335 e. The lowest BCUT2D eigenvalue weighted by Gasteiger charge is -2.45. The maximum atomic E-state index is 13.2. The van der Waals surface area contributed by atoms with Gasteiger partial charge in [0.05, 0.1) is 5.69 Å². The number of halogens is 1. The summed E-state index contributed by atoms with van der Waals surface area (Å²) < 4.78 is 0. The minimum atomic E-state index is -0.779. The number of rotatable bonds is 2. The van der Waals surface area contributed by atoms with Crippen molar-refractivity contribution in [2.45, 2.75) is 45.6 Å². The second-order valence-corrected chi connectivity index (χ2v) is 9.61. The SMILES string of the molecule is Cc1cc2c(cc1/C=C1/C(=O)NC(=O)N(c3ccc(Cl)cc3)C1=O)C(C)CC(C)(C)N2C. The molecule has 4 amide bonds. The van der Waals surface area contributed by atoms with Crippen molar-refractivity contribution in [1.82, 2.24) is 5.32 Å². The molecule has 2 aromatic rings. The molecule has 2 heterocycles. The average molecular weight is 452 g/mol. The van der Waals surface area contributed by atoms with E-state index in [-0.39, 0.29) is 11.1 Å². The molecular formula is C25H26ClN3O3. The smallest absolute Gasteiger partial charge is 0.335 e. The first-order chi connectivity index (χ1) is 15.0. The number of barbiturate groups is 1. The van der Waals surface area contributed by atoms with E-state index in [1.54, 1.807) is 30.3 Å². The van der Waals surface area contributed by atoms with Gasteiger partial charge in [-0.15, -0.1) is 0 Å². The molecule has 2 aliphatic rings. The number of urea groups is 1. The standard InChI is InChI=1S/C25H26ClN3O3/c1-14-10-21-19(15(2)13-25(3,4)28(21)5)11-16(14)12-20-22(30)27-24(32)29(23(20)31)18-8-6-17(26)7-9-18/h6-12,15H,13H2,1-5H3,(H,27,30,32)/b20-12-. The highest BCUT2D eigenvalue weighted by molar-refractivity contribution is 6.39. The van der Waals surface area contributed by atoms with E-state index in [0.717, 1.165) is 28.1 Å². The Balaban J connectivity index is 1.77. The number of nitrogens with one attached hydrogen (secondary N) is 1. The van der Waals surface area contributed by atoms with Crippen molar-refractivity contribution in [3.63, 3.8) is 0 Å². The van der Waals surface area contributed by atoms with Gasteiger partial charge >= 0.3 is 6.03 Å². The van der Waals surface area contributed by atoms with Gasteiger partial charge in [0.1, 0.15) is 5.57 Å². The predicted molar refractivity (Wildman–Crippen MR) is 127 cm³/mol. The van der Waals surface area contributed by atoms with Gasteiger partial charge in [0.2, 0.25) is 0 Å². The first kappa shape index (κ1) is 22.1. The maximum absolute atomic E-state index is 13.2. The summed E-state index contributed by atoms with van der Waals surface area (Å²) in [6.07, 6.45) is 2.57. The first-order valence-electron chi connectivity index (χ1n) is 10.5. The van der Waals surface area contributed by atoms with E-state index < -0.39 is 17.8 Å². The molecule has 0 spiro atoms. The van der Waals surface area contributed by atoms with E-state index in [9.17, 15) is 14.4 Å². The van der Waals surface area contributed by atoms with Crippen LogP contribution in [0.1, 0.15) is 49.8 Å². The van der Waals surface area contributed by atoms with E-state index in [0.29, 0.717) is 16.6 Å². The Morgan fingerprint density at radius 3 is 2.44 bits per heavy atom. The molecule has 2 aromatic carbocycles. The lowest BCUT2D eigenvalue weighted by Crippen LogP contribution is -2.54. The van der Waals surface area contributed by atoms with Gasteiger partial charge in [-0.3, -0.25) is 14.9 Å². The molecule has 4 rings (SSSR count). The summed E-state index contributed by atoms with van der Waals surface area (Å²) >= 11 is 5.92. The predicted octanol–water partition coefficient (Wildman–Crippen LogP) is 5.04. The van der Waals surface area contributed by atoms with Gasteiger partial charge in [0.25, 0.3) is 11.8 Å². The highest BCUT2D eigenvalue weighted by Gasteiger charge is 2.38. The minimum absolute atomic E-state index is 0.0392. The summed E-state index contributed by atoms with van der Waals surface area (Å²) in [4.78, 5) is 41.4. The molecule has 7 heteroatoms. The van der Waals surface area contributed by atoms with Gasteiger partial charge in [-0.1, -0.05) is 18.5 Å². The van der Waals surface area contributed by atoms with E-state index in [4.69, 9.17) is 11.6 Å². The quantitative estimate of drug-likeness (QED) is 0.513. The molecule has 0 radical (unpaired) electrons. The zero-order valence-electron chi connectivity index (χ0n) is 18.8. The average Bonchev–Trinajstić information content (AvgIpc) is 2.71. The van der Waals surface area contributed by atoms with Crippen LogP contribution in [0.4, 0.5) is 16.2 Å². The molecule has 6 nitrogen and oxygen atoms in total. The molecule has 0 saturated carbocycles. The summed E-state index contributed by atoms with van der Waals surface area (Å²) in [6, 6.07) is 9.69. The van der Waals surface area contributed by atoms with Gasteiger partial charge in [-0.25, -0.2) is 9.69 Å². The molecule has 1 unspecified atom stereocenters. The molecule has 0 aromatic heterocycles. The van der Waals surface area contributed by atoms with E-state index in [2.05, 4.69) is 50.2 Å². The van der Waals surface area contributed by atoms with Crippen molar-refractivity contribution in [2.75, 3.05) is 16.8 Å². The van der Waals surface area contributed by atoms with E-state index in [1.807, 2.05) is 6.92 Å². The molecule has 1 fully saturated rings. The monoisotopic (exact) mass is 451 g/mol.